The third-order valence-electron chi connectivity index (χ3n) is 1.74. The minimum atomic E-state index is -0.136. The van der Waals surface area contributed by atoms with E-state index in [1.807, 2.05) is 6.92 Å². The van der Waals surface area contributed by atoms with Crippen molar-refractivity contribution in [2.75, 3.05) is 11.9 Å². The molecule has 1 rings (SSSR count). The lowest BCUT2D eigenvalue weighted by Gasteiger charge is -2.15. The summed E-state index contributed by atoms with van der Waals surface area (Å²) in [6, 6.07) is 0. The Bertz CT molecular complexity index is 364. The van der Waals surface area contributed by atoms with Crippen molar-refractivity contribution in [3.63, 3.8) is 0 Å². The van der Waals surface area contributed by atoms with Crippen LogP contribution in [0.2, 0.25) is 0 Å². The number of hydrogen-bond acceptors (Lipinski definition) is 2. The summed E-state index contributed by atoms with van der Waals surface area (Å²) in [6.07, 6.45) is 3.13. The van der Waals surface area contributed by atoms with E-state index >= 15 is 0 Å². The first-order valence-electron chi connectivity index (χ1n) is 3.97. The molecule has 1 aromatic heterocycles. The minimum absolute atomic E-state index is 0.0329. The predicted octanol–water partition coefficient (Wildman–Crippen LogP) is 0.232. The van der Waals surface area contributed by atoms with Crippen LogP contribution in [-0.2, 0) is 0 Å². The third-order valence-corrected chi connectivity index (χ3v) is 1.74. The minimum Gasteiger partial charge on any atom is -0.470 e. The van der Waals surface area contributed by atoms with Crippen LogP contribution in [0.1, 0.15) is 5.56 Å². The van der Waals surface area contributed by atoms with Crippen LogP contribution in [0.5, 0.6) is 0 Å². The number of nitrogens with zero attached hydrogens (tertiary/aromatic N) is 2. The first-order chi connectivity index (χ1) is 6.52. The van der Waals surface area contributed by atoms with E-state index in [1.54, 1.807) is 13.3 Å². The number of aryl methyl sites for hydroxylation is 1. The fraction of sp³-hybridized carbons (Fsp3) is 0.250. The van der Waals surface area contributed by atoms with Gasteiger partial charge in [0.15, 0.2) is 5.96 Å². The van der Waals surface area contributed by atoms with Crippen molar-refractivity contribution < 1.29 is 4.42 Å². The summed E-state index contributed by atoms with van der Waals surface area (Å²) in [4.78, 5) is 5.14. The van der Waals surface area contributed by atoms with Gasteiger partial charge in [-0.1, -0.05) is 0 Å². The molecule has 6 nitrogen and oxygen atoms in total. The largest absolute Gasteiger partial charge is 0.470 e. The zero-order chi connectivity index (χ0) is 10.7. The fourth-order valence-corrected chi connectivity index (χ4v) is 1.01. The molecule has 0 aliphatic heterocycles. The highest BCUT2D eigenvalue weighted by molar-refractivity contribution is 6.01. The predicted molar refractivity (Wildman–Crippen MR) is 55.4 cm³/mol. The quantitative estimate of drug-likeness (QED) is 0.440. The van der Waals surface area contributed by atoms with Crippen LogP contribution in [0.25, 0.3) is 0 Å². The van der Waals surface area contributed by atoms with Crippen LogP contribution in [-0.4, -0.2) is 19.0 Å². The molecule has 1 aromatic rings. The van der Waals surface area contributed by atoms with Crippen molar-refractivity contribution in [2.45, 2.75) is 6.92 Å². The second-order valence-corrected chi connectivity index (χ2v) is 2.86. The van der Waals surface area contributed by atoms with Gasteiger partial charge in [-0.2, -0.15) is 4.99 Å². The van der Waals surface area contributed by atoms with Crippen LogP contribution in [0.3, 0.4) is 0 Å². The van der Waals surface area contributed by atoms with Gasteiger partial charge in [-0.15, -0.1) is 0 Å². The van der Waals surface area contributed by atoms with Crippen LogP contribution in [0.4, 0.5) is 5.69 Å². The Morgan fingerprint density at radius 3 is 2.57 bits per heavy atom. The van der Waals surface area contributed by atoms with E-state index in [9.17, 15) is 0 Å². The van der Waals surface area contributed by atoms with Gasteiger partial charge < -0.3 is 20.8 Å². The molecule has 0 bridgehead atoms. The number of anilines is 1. The van der Waals surface area contributed by atoms with Crippen LogP contribution < -0.4 is 16.4 Å². The average Bonchev–Trinajstić information content (AvgIpc) is 2.48. The smallest absolute Gasteiger partial charge is 0.225 e. The molecule has 0 spiro atoms. The number of nitrogens with one attached hydrogen (secondary N) is 1. The molecule has 0 atom stereocenters. The molecule has 0 unspecified atom stereocenters. The Kier molecular flexibility index (Phi) is 2.76. The standard InChI is InChI=1S/C8H13N5O/c1-5-3-14-4-6(5)13(2)8(11)12-7(9)10/h3-4H,1-2H3,(H5,9,10,11,12). The Labute approximate surface area is 81.7 Å². The van der Waals surface area contributed by atoms with Gasteiger partial charge in [0.1, 0.15) is 6.26 Å². The van der Waals surface area contributed by atoms with Gasteiger partial charge in [0, 0.05) is 12.6 Å². The fourth-order valence-electron chi connectivity index (χ4n) is 1.01. The highest BCUT2D eigenvalue weighted by Crippen LogP contribution is 2.19. The molecule has 0 aliphatic rings. The van der Waals surface area contributed by atoms with E-state index in [2.05, 4.69) is 4.99 Å². The number of guanidine groups is 2. The Hall–Kier alpha value is -1.98. The lowest BCUT2D eigenvalue weighted by molar-refractivity contribution is 0.565. The summed E-state index contributed by atoms with van der Waals surface area (Å²) >= 11 is 0. The van der Waals surface area contributed by atoms with E-state index in [1.165, 1.54) is 11.2 Å². The summed E-state index contributed by atoms with van der Waals surface area (Å²) < 4.78 is 4.97. The molecule has 5 N–H and O–H groups in total. The van der Waals surface area contributed by atoms with Crippen molar-refractivity contribution in [1.29, 1.82) is 5.41 Å². The molecule has 1 heterocycles. The van der Waals surface area contributed by atoms with Crippen LogP contribution in [0.15, 0.2) is 21.9 Å². The van der Waals surface area contributed by atoms with Crippen molar-refractivity contribution in [3.8, 4) is 0 Å². The number of furan rings is 1. The molecular weight excluding hydrogens is 182 g/mol. The highest BCUT2D eigenvalue weighted by atomic mass is 16.3. The molecular formula is C8H13N5O. The molecule has 0 aromatic carbocycles. The first kappa shape index (κ1) is 10.1. The molecule has 0 fully saturated rings. The number of hydrogen-bond donors (Lipinski definition) is 3. The van der Waals surface area contributed by atoms with E-state index < -0.39 is 0 Å². The van der Waals surface area contributed by atoms with Gasteiger partial charge >= 0.3 is 0 Å². The lowest BCUT2D eigenvalue weighted by atomic mass is 10.3. The van der Waals surface area contributed by atoms with Crippen molar-refractivity contribution in [3.05, 3.63) is 18.1 Å². The lowest BCUT2D eigenvalue weighted by Crippen LogP contribution is -2.30. The summed E-state index contributed by atoms with van der Waals surface area (Å²) in [5, 5.41) is 7.53. The molecule has 0 radical (unpaired) electrons. The average molecular weight is 195 g/mol. The normalized spacial score (nSPS) is 9.57. The van der Waals surface area contributed by atoms with Gasteiger partial charge in [-0.3, -0.25) is 5.41 Å². The number of nitrogens with two attached hydrogens (primary N) is 2. The maximum atomic E-state index is 7.53. The zero-order valence-electron chi connectivity index (χ0n) is 8.11. The van der Waals surface area contributed by atoms with Gasteiger partial charge in [0.05, 0.1) is 12.0 Å². The van der Waals surface area contributed by atoms with Crippen LogP contribution >= 0.6 is 0 Å². The first-order valence-corrected chi connectivity index (χ1v) is 3.97. The van der Waals surface area contributed by atoms with E-state index in [-0.39, 0.29) is 11.9 Å². The van der Waals surface area contributed by atoms with E-state index in [4.69, 9.17) is 21.3 Å². The summed E-state index contributed by atoms with van der Waals surface area (Å²) in [5.74, 6) is -0.169. The maximum absolute atomic E-state index is 7.53. The molecule has 0 amide bonds. The molecule has 6 heteroatoms. The summed E-state index contributed by atoms with van der Waals surface area (Å²) in [6.45, 7) is 1.87. The third kappa shape index (κ3) is 2.03. The zero-order valence-corrected chi connectivity index (χ0v) is 8.11. The SMILES string of the molecule is Cc1cocc1N(C)C(=N)N=C(N)N. The van der Waals surface area contributed by atoms with E-state index in [0.29, 0.717) is 0 Å². The second-order valence-electron chi connectivity index (χ2n) is 2.86. The summed E-state index contributed by atoms with van der Waals surface area (Å²) in [7, 11) is 1.69. The number of rotatable bonds is 1. The molecule has 0 saturated carbocycles. The van der Waals surface area contributed by atoms with Crippen LogP contribution in [0, 0.1) is 12.3 Å². The van der Waals surface area contributed by atoms with Gasteiger partial charge in [-0.05, 0) is 6.92 Å². The Morgan fingerprint density at radius 1 is 1.50 bits per heavy atom. The van der Waals surface area contributed by atoms with Crippen molar-refractivity contribution in [1.82, 2.24) is 0 Å². The van der Waals surface area contributed by atoms with Gasteiger partial charge in [-0.25, -0.2) is 0 Å². The maximum Gasteiger partial charge on any atom is 0.225 e. The topological polar surface area (TPSA) is 105 Å². The van der Waals surface area contributed by atoms with Gasteiger partial charge in [0.2, 0.25) is 5.96 Å². The number of aliphatic imine (C=N–C) groups is 1. The second kappa shape index (κ2) is 3.82. The molecule has 0 aliphatic carbocycles. The Balaban J connectivity index is 2.86. The van der Waals surface area contributed by atoms with Gasteiger partial charge in [0.25, 0.3) is 0 Å². The molecule has 76 valence electrons. The van der Waals surface area contributed by atoms with Crippen molar-refractivity contribution in [2.24, 2.45) is 16.5 Å². The monoisotopic (exact) mass is 195 g/mol. The summed E-state index contributed by atoms with van der Waals surface area (Å²) in [5.41, 5.74) is 12.0. The molecule has 0 saturated heterocycles. The van der Waals surface area contributed by atoms with E-state index in [0.717, 1.165) is 11.3 Å². The highest BCUT2D eigenvalue weighted by Gasteiger charge is 2.10. The molecule has 14 heavy (non-hydrogen) atoms. The van der Waals surface area contributed by atoms with Crippen molar-refractivity contribution >= 4 is 17.6 Å². The Morgan fingerprint density at radius 2 is 2.14 bits per heavy atom.